The summed E-state index contributed by atoms with van der Waals surface area (Å²) in [5.74, 6) is 0. The van der Waals surface area contributed by atoms with Crippen LogP contribution < -0.4 is 0 Å². The number of hydrogen-bond donors (Lipinski definition) is 1. The van der Waals surface area contributed by atoms with E-state index in [4.69, 9.17) is 0 Å². The number of β-amino-alcohol motifs (C(OH)–C–C–N with tert-alkyl or cyclic N) is 1. The third-order valence-electron chi connectivity index (χ3n) is 3.13. The Bertz CT molecular complexity index is 319. The predicted octanol–water partition coefficient (Wildman–Crippen LogP) is -0.275. The fourth-order valence-electron chi connectivity index (χ4n) is 1.81. The minimum Gasteiger partial charge on any atom is -0.389 e. The van der Waals surface area contributed by atoms with Gasteiger partial charge in [0.25, 0.3) is 0 Å². The summed E-state index contributed by atoms with van der Waals surface area (Å²) in [4.78, 5) is 2.12. The summed E-state index contributed by atoms with van der Waals surface area (Å²) in [6.45, 7) is 6.83. The van der Waals surface area contributed by atoms with Crippen LogP contribution in [0.1, 0.15) is 20.3 Å². The Morgan fingerprint density at radius 3 is 2.12 bits per heavy atom. The van der Waals surface area contributed by atoms with Crippen LogP contribution in [0, 0.1) is 0 Å². The molecule has 1 N–H and O–H groups in total. The minimum absolute atomic E-state index is 0.526. The van der Waals surface area contributed by atoms with Gasteiger partial charge in [0, 0.05) is 32.7 Å². The van der Waals surface area contributed by atoms with Crippen LogP contribution in [-0.4, -0.2) is 67.3 Å². The van der Waals surface area contributed by atoms with Crippen LogP contribution in [-0.2, 0) is 10.0 Å². The van der Waals surface area contributed by atoms with Crippen LogP contribution in [0.25, 0.3) is 0 Å². The Morgan fingerprint density at radius 2 is 1.75 bits per heavy atom. The van der Waals surface area contributed by atoms with Crippen molar-refractivity contribution in [2.24, 2.45) is 0 Å². The quantitative estimate of drug-likeness (QED) is 0.746. The predicted molar refractivity (Wildman–Crippen MR) is 63.8 cm³/mol. The van der Waals surface area contributed by atoms with E-state index in [1.54, 1.807) is 0 Å². The zero-order chi connectivity index (χ0) is 12.4. The normalized spacial score (nSPS) is 24.2. The van der Waals surface area contributed by atoms with Crippen molar-refractivity contribution < 1.29 is 13.5 Å². The zero-order valence-electron chi connectivity index (χ0n) is 10.3. The maximum absolute atomic E-state index is 11.3. The molecule has 1 fully saturated rings. The first-order valence-electron chi connectivity index (χ1n) is 5.64. The first kappa shape index (κ1) is 13.9. The molecule has 1 unspecified atom stereocenters. The summed E-state index contributed by atoms with van der Waals surface area (Å²) in [5, 5.41) is 9.93. The second-order valence-corrected chi connectivity index (χ2v) is 6.77. The summed E-state index contributed by atoms with van der Waals surface area (Å²) in [6.07, 6.45) is 1.95. The van der Waals surface area contributed by atoms with Crippen molar-refractivity contribution in [3.05, 3.63) is 0 Å². The largest absolute Gasteiger partial charge is 0.389 e. The molecule has 1 rings (SSSR count). The first-order chi connectivity index (χ1) is 7.24. The standard InChI is InChI=1S/C10H22N2O3S/c1-4-10(2,13)9-11-5-7-12(8-6-11)16(3,14)15/h13H,4-9H2,1-3H3. The van der Waals surface area contributed by atoms with E-state index in [0.29, 0.717) is 39.1 Å². The van der Waals surface area contributed by atoms with Crippen molar-refractivity contribution in [2.75, 3.05) is 39.0 Å². The molecule has 0 aromatic carbocycles. The lowest BCUT2D eigenvalue weighted by molar-refractivity contribution is 0.00823. The Balaban J connectivity index is 2.44. The van der Waals surface area contributed by atoms with E-state index < -0.39 is 15.6 Å². The average Bonchev–Trinajstić information content (AvgIpc) is 2.16. The Labute approximate surface area is 98.1 Å². The minimum atomic E-state index is -3.05. The van der Waals surface area contributed by atoms with E-state index in [0.717, 1.165) is 0 Å². The van der Waals surface area contributed by atoms with Crippen molar-refractivity contribution in [3.63, 3.8) is 0 Å². The molecular formula is C10H22N2O3S. The summed E-state index contributed by atoms with van der Waals surface area (Å²) >= 11 is 0. The van der Waals surface area contributed by atoms with E-state index in [9.17, 15) is 13.5 Å². The van der Waals surface area contributed by atoms with Crippen LogP contribution in [0.5, 0.6) is 0 Å². The number of piperazine rings is 1. The van der Waals surface area contributed by atoms with Crippen LogP contribution in [0.3, 0.4) is 0 Å². The Morgan fingerprint density at radius 1 is 1.25 bits per heavy atom. The molecule has 1 aliphatic rings. The van der Waals surface area contributed by atoms with Crippen LogP contribution in [0.2, 0.25) is 0 Å². The fourth-order valence-corrected chi connectivity index (χ4v) is 2.64. The van der Waals surface area contributed by atoms with Crippen molar-refractivity contribution in [2.45, 2.75) is 25.9 Å². The molecule has 0 bridgehead atoms. The van der Waals surface area contributed by atoms with E-state index in [1.807, 2.05) is 13.8 Å². The number of rotatable bonds is 4. The van der Waals surface area contributed by atoms with Gasteiger partial charge in [0.15, 0.2) is 0 Å². The molecule has 1 saturated heterocycles. The molecule has 1 aliphatic heterocycles. The van der Waals surface area contributed by atoms with Gasteiger partial charge in [0.1, 0.15) is 0 Å². The van der Waals surface area contributed by atoms with Gasteiger partial charge in [0.05, 0.1) is 11.9 Å². The Hall–Kier alpha value is -0.170. The molecule has 0 saturated carbocycles. The van der Waals surface area contributed by atoms with Gasteiger partial charge < -0.3 is 5.11 Å². The number of nitrogens with zero attached hydrogens (tertiary/aromatic N) is 2. The van der Waals surface area contributed by atoms with E-state index >= 15 is 0 Å². The third-order valence-corrected chi connectivity index (χ3v) is 4.43. The molecule has 1 atom stereocenters. The van der Waals surface area contributed by atoms with Crippen molar-refractivity contribution in [3.8, 4) is 0 Å². The molecule has 0 amide bonds. The molecule has 0 aromatic heterocycles. The highest BCUT2D eigenvalue weighted by Gasteiger charge is 2.27. The molecule has 5 nitrogen and oxygen atoms in total. The lowest BCUT2D eigenvalue weighted by Crippen LogP contribution is -2.52. The van der Waals surface area contributed by atoms with Gasteiger partial charge in [-0.25, -0.2) is 8.42 Å². The summed E-state index contributed by atoms with van der Waals surface area (Å²) in [5.41, 5.74) is -0.673. The highest BCUT2D eigenvalue weighted by atomic mass is 32.2. The van der Waals surface area contributed by atoms with Crippen LogP contribution in [0.4, 0.5) is 0 Å². The topological polar surface area (TPSA) is 60.9 Å². The number of hydrogen-bond acceptors (Lipinski definition) is 4. The molecule has 0 spiro atoms. The van der Waals surface area contributed by atoms with Gasteiger partial charge in [-0.2, -0.15) is 4.31 Å². The van der Waals surface area contributed by atoms with E-state index in [1.165, 1.54) is 10.6 Å². The second-order valence-electron chi connectivity index (χ2n) is 4.79. The van der Waals surface area contributed by atoms with E-state index in [2.05, 4.69) is 4.90 Å². The summed E-state index contributed by atoms with van der Waals surface area (Å²) in [6, 6.07) is 0. The lowest BCUT2D eigenvalue weighted by Gasteiger charge is -2.37. The first-order valence-corrected chi connectivity index (χ1v) is 7.49. The SMILES string of the molecule is CCC(C)(O)CN1CCN(S(C)(=O)=O)CC1. The summed E-state index contributed by atoms with van der Waals surface area (Å²) < 4.78 is 24.1. The molecule has 0 aromatic rings. The van der Waals surface area contributed by atoms with Gasteiger partial charge in [0.2, 0.25) is 10.0 Å². The molecular weight excluding hydrogens is 228 g/mol. The average molecular weight is 250 g/mol. The second kappa shape index (κ2) is 5.00. The summed E-state index contributed by atoms with van der Waals surface area (Å²) in [7, 11) is -3.05. The molecule has 0 radical (unpaired) electrons. The van der Waals surface area contributed by atoms with Gasteiger partial charge >= 0.3 is 0 Å². The van der Waals surface area contributed by atoms with Crippen LogP contribution in [0.15, 0.2) is 0 Å². The monoisotopic (exact) mass is 250 g/mol. The maximum atomic E-state index is 11.3. The Kier molecular flexibility index (Phi) is 4.34. The van der Waals surface area contributed by atoms with Crippen molar-refractivity contribution in [1.29, 1.82) is 0 Å². The van der Waals surface area contributed by atoms with Crippen molar-refractivity contribution in [1.82, 2.24) is 9.21 Å². The lowest BCUT2D eigenvalue weighted by atomic mass is 10.0. The number of aliphatic hydroxyl groups is 1. The van der Waals surface area contributed by atoms with Crippen LogP contribution >= 0.6 is 0 Å². The molecule has 0 aliphatic carbocycles. The fraction of sp³-hybridized carbons (Fsp3) is 1.00. The highest BCUT2D eigenvalue weighted by Crippen LogP contribution is 2.13. The maximum Gasteiger partial charge on any atom is 0.211 e. The number of sulfonamides is 1. The molecule has 1 heterocycles. The smallest absolute Gasteiger partial charge is 0.211 e. The molecule has 96 valence electrons. The van der Waals surface area contributed by atoms with E-state index in [-0.39, 0.29) is 0 Å². The third kappa shape index (κ3) is 4.01. The molecule has 6 heteroatoms. The highest BCUT2D eigenvalue weighted by molar-refractivity contribution is 7.88. The van der Waals surface area contributed by atoms with Crippen molar-refractivity contribution >= 4 is 10.0 Å². The van der Waals surface area contributed by atoms with Gasteiger partial charge in [-0.3, -0.25) is 4.90 Å². The molecule has 16 heavy (non-hydrogen) atoms. The van der Waals surface area contributed by atoms with Gasteiger partial charge in [-0.1, -0.05) is 6.92 Å². The van der Waals surface area contributed by atoms with Gasteiger partial charge in [-0.05, 0) is 13.3 Å². The van der Waals surface area contributed by atoms with Gasteiger partial charge in [-0.15, -0.1) is 0 Å². The zero-order valence-corrected chi connectivity index (χ0v) is 11.1.